The smallest absolute Gasteiger partial charge is 0.255 e. The summed E-state index contributed by atoms with van der Waals surface area (Å²) in [5.41, 5.74) is 7.43. The van der Waals surface area contributed by atoms with E-state index in [1.54, 1.807) is 35.5 Å². The fourth-order valence-electron chi connectivity index (χ4n) is 1.71. The topological polar surface area (TPSA) is 59.2 Å². The van der Waals surface area contributed by atoms with Crippen molar-refractivity contribution >= 4 is 38.9 Å². The van der Waals surface area contributed by atoms with Gasteiger partial charge in [0.2, 0.25) is 0 Å². The van der Waals surface area contributed by atoms with Crippen LogP contribution in [0.2, 0.25) is 0 Å². The first kappa shape index (κ1) is 14.0. The number of aryl methyl sites for hydroxylation is 1. The van der Waals surface area contributed by atoms with Gasteiger partial charge in [-0.15, -0.1) is 11.3 Å². The minimum Gasteiger partial charge on any atom is -0.397 e. The Hall–Kier alpha value is -1.40. The number of rotatable bonds is 3. The highest BCUT2D eigenvalue weighted by molar-refractivity contribution is 9.10. The third kappa shape index (κ3) is 3.33. The first-order valence-electron chi connectivity index (χ1n) is 5.68. The first-order valence-corrected chi connectivity index (χ1v) is 7.35. The summed E-state index contributed by atoms with van der Waals surface area (Å²) in [6, 6.07) is 3.68. The van der Waals surface area contributed by atoms with E-state index in [2.05, 4.69) is 20.9 Å². The van der Waals surface area contributed by atoms with E-state index in [-0.39, 0.29) is 5.91 Å². The van der Waals surface area contributed by atoms with Crippen molar-refractivity contribution in [3.05, 3.63) is 44.3 Å². The van der Waals surface area contributed by atoms with E-state index in [4.69, 9.17) is 5.73 Å². The fraction of sp³-hybridized carbons (Fsp3) is 0.231. The fourth-order valence-corrected chi connectivity index (χ4v) is 3.22. The van der Waals surface area contributed by atoms with Crippen molar-refractivity contribution in [1.82, 2.24) is 9.88 Å². The number of hydrogen-bond acceptors (Lipinski definition) is 4. The molecule has 1 amide bonds. The monoisotopic (exact) mass is 339 g/mol. The number of halogens is 1. The first-order chi connectivity index (χ1) is 8.97. The summed E-state index contributed by atoms with van der Waals surface area (Å²) in [5.74, 6) is -0.0678. The highest BCUT2D eigenvalue weighted by Crippen LogP contribution is 2.21. The van der Waals surface area contributed by atoms with E-state index in [1.165, 1.54) is 0 Å². The van der Waals surface area contributed by atoms with Gasteiger partial charge in [0.25, 0.3) is 5.91 Å². The number of carbonyl (C=O) groups is 1. The van der Waals surface area contributed by atoms with Crippen molar-refractivity contribution in [3.63, 3.8) is 0 Å². The van der Waals surface area contributed by atoms with Crippen molar-refractivity contribution in [2.45, 2.75) is 13.5 Å². The summed E-state index contributed by atoms with van der Waals surface area (Å²) in [6.45, 7) is 2.38. The van der Waals surface area contributed by atoms with Crippen LogP contribution in [0.1, 0.15) is 20.9 Å². The minimum absolute atomic E-state index is 0.0678. The lowest BCUT2D eigenvalue weighted by Gasteiger charge is -2.17. The predicted octanol–water partition coefficient (Wildman–Crippen LogP) is 3.07. The zero-order chi connectivity index (χ0) is 14.0. The number of nitrogens with zero attached hydrogens (tertiary/aromatic N) is 2. The van der Waals surface area contributed by atoms with E-state index >= 15 is 0 Å². The third-order valence-electron chi connectivity index (χ3n) is 2.70. The Morgan fingerprint density at radius 2 is 2.26 bits per heavy atom. The molecule has 4 nitrogen and oxygen atoms in total. The second-order valence-corrected chi connectivity index (χ2v) is 6.21. The molecule has 0 aliphatic carbocycles. The normalized spacial score (nSPS) is 10.5. The maximum atomic E-state index is 12.4. The van der Waals surface area contributed by atoms with Gasteiger partial charge in [-0.2, -0.15) is 0 Å². The number of pyridine rings is 1. The number of carbonyl (C=O) groups excluding carboxylic acids is 1. The van der Waals surface area contributed by atoms with Gasteiger partial charge in [-0.05, 0) is 35.0 Å². The molecule has 0 saturated carbocycles. The summed E-state index contributed by atoms with van der Waals surface area (Å²) in [6.07, 6.45) is 1.56. The second-order valence-electron chi connectivity index (χ2n) is 4.29. The van der Waals surface area contributed by atoms with Crippen LogP contribution in [0.4, 0.5) is 5.69 Å². The van der Waals surface area contributed by atoms with Gasteiger partial charge in [0.1, 0.15) is 0 Å². The second kappa shape index (κ2) is 5.71. The molecule has 100 valence electrons. The zero-order valence-electron chi connectivity index (χ0n) is 10.7. The Labute approximate surface area is 124 Å². The van der Waals surface area contributed by atoms with Crippen LogP contribution in [-0.4, -0.2) is 22.8 Å². The van der Waals surface area contributed by atoms with E-state index in [0.29, 0.717) is 23.5 Å². The predicted molar refractivity (Wildman–Crippen MR) is 81.2 cm³/mol. The zero-order valence-corrected chi connectivity index (χ0v) is 13.1. The Bertz CT molecular complexity index is 612. The number of hydrogen-bond donors (Lipinski definition) is 1. The van der Waals surface area contributed by atoms with E-state index in [9.17, 15) is 4.79 Å². The van der Waals surface area contributed by atoms with Crippen LogP contribution in [0, 0.1) is 6.92 Å². The summed E-state index contributed by atoms with van der Waals surface area (Å²) in [4.78, 5) is 19.3. The number of aromatic nitrogens is 1. The number of amides is 1. The van der Waals surface area contributed by atoms with Gasteiger partial charge >= 0.3 is 0 Å². The van der Waals surface area contributed by atoms with E-state index in [1.807, 2.05) is 18.4 Å². The lowest BCUT2D eigenvalue weighted by Crippen LogP contribution is -2.26. The number of thiophene rings is 1. The van der Waals surface area contributed by atoms with Gasteiger partial charge in [0.15, 0.2) is 0 Å². The van der Waals surface area contributed by atoms with E-state index < -0.39 is 0 Å². The average Bonchev–Trinajstić information content (AvgIpc) is 2.77. The van der Waals surface area contributed by atoms with Gasteiger partial charge < -0.3 is 10.6 Å². The average molecular weight is 340 g/mol. The highest BCUT2D eigenvalue weighted by atomic mass is 79.9. The number of nitrogens with two attached hydrogens (primary N) is 1. The van der Waals surface area contributed by atoms with Crippen LogP contribution in [0.15, 0.2) is 28.2 Å². The molecule has 0 aromatic carbocycles. The molecule has 0 aliphatic rings. The lowest BCUT2D eigenvalue weighted by molar-refractivity contribution is 0.0785. The van der Waals surface area contributed by atoms with Crippen molar-refractivity contribution in [2.75, 3.05) is 12.8 Å². The molecule has 0 atom stereocenters. The molecule has 2 heterocycles. The lowest BCUT2D eigenvalue weighted by atomic mass is 10.1. The van der Waals surface area contributed by atoms with Gasteiger partial charge in [0, 0.05) is 21.8 Å². The van der Waals surface area contributed by atoms with Crippen LogP contribution >= 0.6 is 27.3 Å². The molecule has 2 rings (SSSR count). The molecule has 0 spiro atoms. The number of nitrogen functional groups attached to an aromatic ring is 1. The maximum Gasteiger partial charge on any atom is 0.255 e. The SMILES string of the molecule is Cc1ncc(N)cc1C(=O)N(C)Cc1cc(Br)cs1. The van der Waals surface area contributed by atoms with Crippen molar-refractivity contribution in [3.8, 4) is 0 Å². The third-order valence-corrected chi connectivity index (χ3v) is 4.38. The van der Waals surface area contributed by atoms with Gasteiger partial charge in [-0.1, -0.05) is 0 Å². The molecular formula is C13H14BrN3OS. The van der Waals surface area contributed by atoms with E-state index in [0.717, 1.165) is 9.35 Å². The molecule has 6 heteroatoms. The van der Waals surface area contributed by atoms with Crippen LogP contribution in [0.5, 0.6) is 0 Å². The minimum atomic E-state index is -0.0678. The number of anilines is 1. The van der Waals surface area contributed by atoms with Crippen molar-refractivity contribution in [1.29, 1.82) is 0 Å². The van der Waals surface area contributed by atoms with Gasteiger partial charge in [-0.25, -0.2) is 0 Å². The molecule has 2 aromatic rings. The molecule has 0 saturated heterocycles. The van der Waals surface area contributed by atoms with Crippen LogP contribution in [0.25, 0.3) is 0 Å². The van der Waals surface area contributed by atoms with Crippen molar-refractivity contribution < 1.29 is 4.79 Å². The molecular weight excluding hydrogens is 326 g/mol. The summed E-state index contributed by atoms with van der Waals surface area (Å²) < 4.78 is 1.04. The molecule has 0 bridgehead atoms. The summed E-state index contributed by atoms with van der Waals surface area (Å²) in [7, 11) is 1.78. The molecule has 0 radical (unpaired) electrons. The Balaban J connectivity index is 2.16. The molecule has 0 unspecified atom stereocenters. The Kier molecular flexibility index (Phi) is 4.21. The Morgan fingerprint density at radius 1 is 1.53 bits per heavy atom. The molecule has 2 aromatic heterocycles. The van der Waals surface area contributed by atoms with Gasteiger partial charge in [-0.3, -0.25) is 9.78 Å². The quantitative estimate of drug-likeness (QED) is 0.934. The molecule has 0 aliphatic heterocycles. The Morgan fingerprint density at radius 3 is 2.89 bits per heavy atom. The maximum absolute atomic E-state index is 12.4. The largest absolute Gasteiger partial charge is 0.397 e. The van der Waals surface area contributed by atoms with Crippen molar-refractivity contribution in [2.24, 2.45) is 0 Å². The van der Waals surface area contributed by atoms with Crippen LogP contribution in [-0.2, 0) is 6.54 Å². The van der Waals surface area contributed by atoms with Crippen LogP contribution in [0.3, 0.4) is 0 Å². The molecule has 0 fully saturated rings. The summed E-state index contributed by atoms with van der Waals surface area (Å²) in [5, 5.41) is 2.00. The van der Waals surface area contributed by atoms with Gasteiger partial charge in [0.05, 0.1) is 29.7 Å². The van der Waals surface area contributed by atoms with Crippen LogP contribution < -0.4 is 5.73 Å². The summed E-state index contributed by atoms with van der Waals surface area (Å²) >= 11 is 5.02. The highest BCUT2D eigenvalue weighted by Gasteiger charge is 2.16. The standard InChI is InChI=1S/C13H14BrN3OS/c1-8-12(4-10(15)5-16-8)13(18)17(2)6-11-3-9(14)7-19-11/h3-5,7H,6,15H2,1-2H3. The molecule has 19 heavy (non-hydrogen) atoms. The molecule has 2 N–H and O–H groups in total.